The number of halogens is 1. The van der Waals surface area contributed by atoms with Gasteiger partial charge in [0.25, 0.3) is 0 Å². The van der Waals surface area contributed by atoms with E-state index in [4.69, 9.17) is 9.47 Å². The molecule has 17 heavy (non-hydrogen) atoms. The maximum absolute atomic E-state index is 13.7. The van der Waals surface area contributed by atoms with Gasteiger partial charge in [0.15, 0.2) is 0 Å². The van der Waals surface area contributed by atoms with Gasteiger partial charge in [-0.15, -0.1) is 0 Å². The highest BCUT2D eigenvalue weighted by molar-refractivity contribution is 5.37. The highest BCUT2D eigenvalue weighted by Gasteiger charge is 2.15. The molecule has 1 aromatic carbocycles. The van der Waals surface area contributed by atoms with E-state index in [1.54, 1.807) is 26.4 Å². The van der Waals surface area contributed by atoms with Gasteiger partial charge in [0.1, 0.15) is 11.6 Å². The van der Waals surface area contributed by atoms with Crippen LogP contribution in [-0.4, -0.2) is 33.9 Å². The van der Waals surface area contributed by atoms with Gasteiger partial charge in [0.2, 0.25) is 0 Å². The maximum atomic E-state index is 13.7. The first kappa shape index (κ1) is 13.9. The lowest BCUT2D eigenvalue weighted by atomic mass is 9.99. The third-order valence-electron chi connectivity index (χ3n) is 2.66. The van der Waals surface area contributed by atoms with E-state index >= 15 is 0 Å². The first-order chi connectivity index (χ1) is 8.20. The molecule has 0 saturated carbocycles. The summed E-state index contributed by atoms with van der Waals surface area (Å²) in [5.74, 6) is 0.444. The number of hydrogen-bond donors (Lipinski definition) is 1. The number of methoxy groups -OCH3 is 2. The average molecular weight is 241 g/mol. The minimum absolute atomic E-state index is 0.0583. The zero-order valence-electron chi connectivity index (χ0n) is 10.6. The summed E-state index contributed by atoms with van der Waals surface area (Å²) < 4.78 is 23.8. The third kappa shape index (κ3) is 3.98. The van der Waals surface area contributed by atoms with E-state index in [2.05, 4.69) is 5.32 Å². The van der Waals surface area contributed by atoms with E-state index in [-0.39, 0.29) is 11.7 Å². The van der Waals surface area contributed by atoms with Crippen LogP contribution in [0.3, 0.4) is 0 Å². The SMILES string of the molecule is COCCNCC(C)c1c(F)cccc1OC. The number of nitrogens with one attached hydrogen (secondary N) is 1. The molecule has 0 aliphatic rings. The molecule has 4 heteroatoms. The summed E-state index contributed by atoms with van der Waals surface area (Å²) in [4.78, 5) is 0. The molecule has 0 saturated heterocycles. The van der Waals surface area contributed by atoms with E-state index in [0.29, 0.717) is 24.5 Å². The van der Waals surface area contributed by atoms with Crippen molar-refractivity contribution >= 4 is 0 Å². The van der Waals surface area contributed by atoms with Gasteiger partial charge in [-0.05, 0) is 12.1 Å². The van der Waals surface area contributed by atoms with Gasteiger partial charge in [-0.1, -0.05) is 13.0 Å². The maximum Gasteiger partial charge on any atom is 0.130 e. The average Bonchev–Trinajstić information content (AvgIpc) is 2.34. The molecule has 3 nitrogen and oxygen atoms in total. The summed E-state index contributed by atoms with van der Waals surface area (Å²) in [6.45, 7) is 4.08. The minimum atomic E-state index is -0.217. The van der Waals surface area contributed by atoms with Crippen LogP contribution >= 0.6 is 0 Å². The Morgan fingerprint density at radius 3 is 2.76 bits per heavy atom. The molecular formula is C13H20FNO2. The van der Waals surface area contributed by atoms with Gasteiger partial charge >= 0.3 is 0 Å². The topological polar surface area (TPSA) is 30.5 Å². The van der Waals surface area contributed by atoms with E-state index < -0.39 is 0 Å². The van der Waals surface area contributed by atoms with Crippen LogP contribution in [0.1, 0.15) is 18.4 Å². The predicted octanol–water partition coefficient (Wildman–Crippen LogP) is 2.17. The van der Waals surface area contributed by atoms with Gasteiger partial charge < -0.3 is 14.8 Å². The Kier molecular flexibility index (Phi) is 5.94. The van der Waals surface area contributed by atoms with Crippen LogP contribution in [0, 0.1) is 5.82 Å². The van der Waals surface area contributed by atoms with Crippen molar-refractivity contribution in [3.8, 4) is 5.75 Å². The highest BCUT2D eigenvalue weighted by Crippen LogP contribution is 2.28. The summed E-state index contributed by atoms with van der Waals surface area (Å²) in [6.07, 6.45) is 0. The highest BCUT2D eigenvalue weighted by atomic mass is 19.1. The summed E-state index contributed by atoms with van der Waals surface area (Å²) in [5, 5.41) is 3.22. The molecule has 0 aromatic heterocycles. The van der Waals surface area contributed by atoms with Crippen molar-refractivity contribution in [2.24, 2.45) is 0 Å². The second-order valence-corrected chi connectivity index (χ2v) is 3.95. The van der Waals surface area contributed by atoms with Crippen molar-refractivity contribution in [3.05, 3.63) is 29.6 Å². The Labute approximate surface area is 102 Å². The van der Waals surface area contributed by atoms with Gasteiger partial charge in [0, 0.05) is 31.7 Å². The smallest absolute Gasteiger partial charge is 0.130 e. The fourth-order valence-electron chi connectivity index (χ4n) is 1.77. The summed E-state index contributed by atoms with van der Waals surface area (Å²) in [7, 11) is 3.22. The first-order valence-corrected chi connectivity index (χ1v) is 5.72. The number of benzene rings is 1. The van der Waals surface area contributed by atoms with Gasteiger partial charge in [-0.3, -0.25) is 0 Å². The molecule has 0 spiro atoms. The van der Waals surface area contributed by atoms with Crippen molar-refractivity contribution in [2.75, 3.05) is 33.9 Å². The molecule has 0 bridgehead atoms. The van der Waals surface area contributed by atoms with Crippen LogP contribution in [0.15, 0.2) is 18.2 Å². The molecule has 1 N–H and O–H groups in total. The van der Waals surface area contributed by atoms with Gasteiger partial charge in [-0.2, -0.15) is 0 Å². The Hall–Kier alpha value is -1.13. The lowest BCUT2D eigenvalue weighted by Crippen LogP contribution is -2.24. The van der Waals surface area contributed by atoms with Gasteiger partial charge in [-0.25, -0.2) is 4.39 Å². The molecule has 1 atom stereocenters. The zero-order valence-corrected chi connectivity index (χ0v) is 10.6. The van der Waals surface area contributed by atoms with E-state index in [1.807, 2.05) is 6.92 Å². The largest absolute Gasteiger partial charge is 0.496 e. The van der Waals surface area contributed by atoms with Crippen LogP contribution < -0.4 is 10.1 Å². The molecule has 1 aromatic rings. The third-order valence-corrected chi connectivity index (χ3v) is 2.66. The number of hydrogen-bond acceptors (Lipinski definition) is 3. The second-order valence-electron chi connectivity index (χ2n) is 3.95. The Balaban J connectivity index is 2.64. The molecular weight excluding hydrogens is 221 g/mol. The molecule has 0 heterocycles. The van der Waals surface area contributed by atoms with Crippen LogP contribution in [-0.2, 0) is 4.74 Å². The van der Waals surface area contributed by atoms with E-state index in [9.17, 15) is 4.39 Å². The molecule has 0 aliphatic heterocycles. The Morgan fingerprint density at radius 2 is 2.12 bits per heavy atom. The molecule has 1 unspecified atom stereocenters. The quantitative estimate of drug-likeness (QED) is 0.742. The van der Waals surface area contributed by atoms with Crippen LogP contribution in [0.4, 0.5) is 4.39 Å². The Bertz CT molecular complexity index is 344. The number of ether oxygens (including phenoxy) is 2. The Morgan fingerprint density at radius 1 is 1.35 bits per heavy atom. The second kappa shape index (κ2) is 7.25. The lowest BCUT2D eigenvalue weighted by Gasteiger charge is -2.17. The standard InChI is InChI=1S/C13H20FNO2/c1-10(9-15-7-8-16-2)13-11(14)5-4-6-12(13)17-3/h4-6,10,15H,7-9H2,1-3H3. The van der Waals surface area contributed by atoms with Crippen molar-refractivity contribution in [1.29, 1.82) is 0 Å². The summed E-state index contributed by atoms with van der Waals surface area (Å²) >= 11 is 0. The fraction of sp³-hybridized carbons (Fsp3) is 0.538. The molecule has 96 valence electrons. The van der Waals surface area contributed by atoms with E-state index in [0.717, 1.165) is 6.54 Å². The lowest BCUT2D eigenvalue weighted by molar-refractivity contribution is 0.199. The minimum Gasteiger partial charge on any atom is -0.496 e. The molecule has 1 rings (SSSR count). The number of rotatable bonds is 7. The van der Waals surface area contributed by atoms with E-state index in [1.165, 1.54) is 6.07 Å². The monoisotopic (exact) mass is 241 g/mol. The van der Waals surface area contributed by atoms with Crippen molar-refractivity contribution in [1.82, 2.24) is 5.32 Å². The first-order valence-electron chi connectivity index (χ1n) is 5.72. The normalized spacial score (nSPS) is 12.5. The van der Waals surface area contributed by atoms with Crippen LogP contribution in [0.2, 0.25) is 0 Å². The summed E-state index contributed by atoms with van der Waals surface area (Å²) in [6, 6.07) is 4.90. The molecule has 0 fully saturated rings. The van der Waals surface area contributed by atoms with Crippen molar-refractivity contribution in [3.63, 3.8) is 0 Å². The van der Waals surface area contributed by atoms with Crippen molar-refractivity contribution in [2.45, 2.75) is 12.8 Å². The van der Waals surface area contributed by atoms with Gasteiger partial charge in [0.05, 0.1) is 13.7 Å². The predicted molar refractivity (Wildman–Crippen MR) is 66.1 cm³/mol. The zero-order chi connectivity index (χ0) is 12.7. The van der Waals surface area contributed by atoms with Crippen LogP contribution in [0.5, 0.6) is 5.75 Å². The molecule has 0 amide bonds. The fourth-order valence-corrected chi connectivity index (χ4v) is 1.77. The van der Waals surface area contributed by atoms with Crippen LogP contribution in [0.25, 0.3) is 0 Å². The van der Waals surface area contributed by atoms with Crippen molar-refractivity contribution < 1.29 is 13.9 Å². The molecule has 0 radical (unpaired) electrons. The molecule has 0 aliphatic carbocycles. The summed E-state index contributed by atoms with van der Waals surface area (Å²) in [5.41, 5.74) is 0.625.